The number of hydrogen-bond acceptors (Lipinski definition) is 4. The molecule has 0 aromatic heterocycles. The zero-order chi connectivity index (χ0) is 27.4. The van der Waals surface area contributed by atoms with Gasteiger partial charge in [0.05, 0.1) is 13.1 Å². The summed E-state index contributed by atoms with van der Waals surface area (Å²) in [4.78, 5) is 43.4. The van der Waals surface area contributed by atoms with Gasteiger partial charge >= 0.3 is 6.03 Å². The number of hydrazine groups is 1. The molecule has 0 bridgehead atoms. The Morgan fingerprint density at radius 3 is 2.21 bits per heavy atom. The van der Waals surface area contributed by atoms with Gasteiger partial charge in [0, 0.05) is 20.1 Å². The number of aryl methyl sites for hydroxylation is 1. The molecule has 204 valence electrons. The zero-order valence-corrected chi connectivity index (χ0v) is 22.1. The predicted octanol–water partition coefficient (Wildman–Crippen LogP) is 3.38. The van der Waals surface area contributed by atoms with E-state index >= 15 is 0 Å². The van der Waals surface area contributed by atoms with Crippen molar-refractivity contribution in [2.75, 3.05) is 26.7 Å². The first kappa shape index (κ1) is 27.5. The van der Waals surface area contributed by atoms with Gasteiger partial charge in [-0.3, -0.25) is 9.59 Å². The van der Waals surface area contributed by atoms with Gasteiger partial charge in [-0.1, -0.05) is 38.1 Å². The third kappa shape index (κ3) is 6.30. The normalized spacial score (nSPS) is 20.2. The van der Waals surface area contributed by atoms with Crippen molar-refractivity contribution in [2.24, 2.45) is 5.92 Å². The van der Waals surface area contributed by atoms with Crippen molar-refractivity contribution in [3.8, 4) is 0 Å². The number of urea groups is 1. The Balaban J connectivity index is 1.51. The van der Waals surface area contributed by atoms with Crippen molar-refractivity contribution in [1.29, 1.82) is 0 Å². The second-order valence-electron chi connectivity index (χ2n) is 10.4. The summed E-state index contributed by atoms with van der Waals surface area (Å²) < 4.78 is 26.5. The molecule has 2 aromatic carbocycles. The Hall–Kier alpha value is -3.53. The van der Waals surface area contributed by atoms with Crippen molar-refractivity contribution in [1.82, 2.24) is 25.1 Å². The molecule has 0 unspecified atom stereocenters. The van der Waals surface area contributed by atoms with Crippen molar-refractivity contribution >= 4 is 17.8 Å². The number of halogens is 2. The molecular weight excluding hydrogens is 492 g/mol. The minimum Gasteiger partial charge on any atom is -0.337 e. The Labute approximate surface area is 222 Å². The van der Waals surface area contributed by atoms with Gasteiger partial charge in [0.15, 0.2) is 0 Å². The van der Waals surface area contributed by atoms with Gasteiger partial charge in [-0.2, -0.15) is 0 Å². The predicted molar refractivity (Wildman–Crippen MR) is 138 cm³/mol. The van der Waals surface area contributed by atoms with Crippen LogP contribution in [0.5, 0.6) is 0 Å². The largest absolute Gasteiger partial charge is 0.337 e. The summed E-state index contributed by atoms with van der Waals surface area (Å²) in [6.45, 7) is 4.83. The van der Waals surface area contributed by atoms with Gasteiger partial charge in [-0.15, -0.1) is 0 Å². The highest BCUT2D eigenvalue weighted by Gasteiger charge is 2.50. The lowest BCUT2D eigenvalue weighted by Crippen LogP contribution is -2.76. The second-order valence-corrected chi connectivity index (χ2v) is 10.4. The fourth-order valence-corrected chi connectivity index (χ4v) is 5.17. The number of carbonyl (C=O) groups is 3. The molecule has 2 heterocycles. The van der Waals surface area contributed by atoms with Crippen LogP contribution in [0.15, 0.2) is 48.5 Å². The summed E-state index contributed by atoms with van der Waals surface area (Å²) in [7, 11) is 1.68. The number of fused-ring (bicyclic) bond motifs is 1. The van der Waals surface area contributed by atoms with Crippen LogP contribution >= 0.6 is 0 Å². The second kappa shape index (κ2) is 11.9. The van der Waals surface area contributed by atoms with E-state index in [1.54, 1.807) is 46.1 Å². The smallest absolute Gasteiger partial charge is 0.334 e. The van der Waals surface area contributed by atoms with Gasteiger partial charge in [-0.25, -0.2) is 23.6 Å². The van der Waals surface area contributed by atoms with Crippen molar-refractivity contribution in [3.63, 3.8) is 0 Å². The number of hydrogen-bond donors (Lipinski definition) is 1. The van der Waals surface area contributed by atoms with Gasteiger partial charge in [0.25, 0.3) is 0 Å². The van der Waals surface area contributed by atoms with E-state index in [2.05, 4.69) is 5.32 Å². The fraction of sp³-hybridized carbons (Fsp3) is 0.464. The van der Waals surface area contributed by atoms with Crippen LogP contribution < -0.4 is 5.32 Å². The quantitative estimate of drug-likeness (QED) is 0.571. The number of rotatable bonds is 8. The van der Waals surface area contributed by atoms with Crippen LogP contribution in [0.3, 0.4) is 0 Å². The summed E-state index contributed by atoms with van der Waals surface area (Å²) in [6, 6.07) is 11.1. The highest BCUT2D eigenvalue weighted by molar-refractivity contribution is 5.91. The molecule has 2 atom stereocenters. The zero-order valence-electron chi connectivity index (χ0n) is 22.1. The first-order valence-corrected chi connectivity index (χ1v) is 13.0. The highest BCUT2D eigenvalue weighted by atomic mass is 19.1. The number of carbonyl (C=O) groups excluding carboxylic acids is 3. The molecule has 2 saturated heterocycles. The molecule has 4 rings (SSSR count). The minimum atomic E-state index is -0.659. The topological polar surface area (TPSA) is 76.2 Å². The minimum absolute atomic E-state index is 0.0209. The fourth-order valence-electron chi connectivity index (χ4n) is 5.17. The summed E-state index contributed by atoms with van der Waals surface area (Å²) in [6.07, 6.45) is 1.18. The van der Waals surface area contributed by atoms with Crippen LogP contribution in [0.4, 0.5) is 13.6 Å². The molecule has 0 saturated carbocycles. The van der Waals surface area contributed by atoms with E-state index in [0.717, 1.165) is 11.1 Å². The van der Waals surface area contributed by atoms with Crippen LogP contribution in [0, 0.1) is 17.6 Å². The maximum Gasteiger partial charge on any atom is 0.334 e. The molecule has 2 aliphatic heterocycles. The Morgan fingerprint density at radius 1 is 1.00 bits per heavy atom. The lowest BCUT2D eigenvalue weighted by molar-refractivity contribution is -0.188. The third-order valence-electron chi connectivity index (χ3n) is 7.01. The monoisotopic (exact) mass is 527 g/mol. The molecule has 0 radical (unpaired) electrons. The molecule has 10 heteroatoms. The Kier molecular flexibility index (Phi) is 8.61. The van der Waals surface area contributed by atoms with Crippen LogP contribution in [0.2, 0.25) is 0 Å². The summed E-state index contributed by atoms with van der Waals surface area (Å²) in [5.74, 6) is -0.784. The Bertz CT molecular complexity index is 1140. The molecule has 0 spiro atoms. The standard InChI is InChI=1S/C28H35F2N5O3/c1-19(2)15-24-27(37)33(14-4-5-20-6-10-22(29)11-7-20)17-25-34(24)26(36)18-32(3)35(25)28(38)31-16-21-8-12-23(30)13-9-21/h6-13,19,24-25H,4-5,14-18H2,1-3H3,(H,31,38)/t24-,25-/m0/s1. The van der Waals surface area contributed by atoms with E-state index in [1.807, 2.05) is 13.8 Å². The van der Waals surface area contributed by atoms with E-state index in [0.29, 0.717) is 25.8 Å². The van der Waals surface area contributed by atoms with Gasteiger partial charge in [0.2, 0.25) is 11.8 Å². The summed E-state index contributed by atoms with van der Waals surface area (Å²) >= 11 is 0. The number of likely N-dealkylation sites (N-methyl/N-ethyl adjacent to an activating group) is 1. The van der Waals surface area contributed by atoms with Crippen LogP contribution in [0.1, 0.15) is 37.8 Å². The average Bonchev–Trinajstić information content (AvgIpc) is 2.86. The lowest BCUT2D eigenvalue weighted by atomic mass is 9.97. The number of piperazine rings is 1. The van der Waals surface area contributed by atoms with Crippen LogP contribution in [-0.2, 0) is 22.6 Å². The molecule has 0 aliphatic carbocycles. The van der Waals surface area contributed by atoms with Crippen molar-refractivity contribution < 1.29 is 23.2 Å². The van der Waals surface area contributed by atoms with Crippen LogP contribution in [-0.4, -0.2) is 76.6 Å². The molecular formula is C28H35F2N5O3. The van der Waals surface area contributed by atoms with Crippen molar-refractivity contribution in [2.45, 2.75) is 51.9 Å². The molecule has 2 aromatic rings. The van der Waals surface area contributed by atoms with E-state index < -0.39 is 18.2 Å². The van der Waals surface area contributed by atoms with Gasteiger partial charge in [0.1, 0.15) is 23.8 Å². The van der Waals surface area contributed by atoms with E-state index in [-0.39, 0.29) is 49.0 Å². The van der Waals surface area contributed by atoms with Gasteiger partial charge in [-0.05, 0) is 60.6 Å². The first-order chi connectivity index (χ1) is 18.1. The molecule has 38 heavy (non-hydrogen) atoms. The summed E-state index contributed by atoms with van der Waals surface area (Å²) in [5.41, 5.74) is 1.72. The van der Waals surface area contributed by atoms with E-state index in [9.17, 15) is 23.2 Å². The van der Waals surface area contributed by atoms with E-state index in [4.69, 9.17) is 0 Å². The van der Waals surface area contributed by atoms with E-state index in [1.165, 1.54) is 29.3 Å². The number of amides is 4. The van der Waals surface area contributed by atoms with Crippen LogP contribution in [0.25, 0.3) is 0 Å². The molecule has 1 N–H and O–H groups in total. The molecule has 2 fully saturated rings. The first-order valence-electron chi connectivity index (χ1n) is 13.0. The SMILES string of the molecule is CC(C)C[C@H]1C(=O)N(CCCc2ccc(F)cc2)C[C@H]2N1C(=O)CN(C)N2C(=O)NCc1ccc(F)cc1. The number of nitrogens with one attached hydrogen (secondary N) is 1. The Morgan fingerprint density at radius 2 is 1.61 bits per heavy atom. The molecule has 4 amide bonds. The van der Waals surface area contributed by atoms with Crippen molar-refractivity contribution in [3.05, 3.63) is 71.3 Å². The summed E-state index contributed by atoms with van der Waals surface area (Å²) in [5, 5.41) is 5.97. The number of nitrogens with zero attached hydrogens (tertiary/aromatic N) is 4. The molecule has 2 aliphatic rings. The number of benzene rings is 2. The van der Waals surface area contributed by atoms with Gasteiger partial charge < -0.3 is 15.1 Å². The maximum absolute atomic E-state index is 13.6. The average molecular weight is 528 g/mol. The molecule has 8 nitrogen and oxygen atoms in total. The lowest BCUT2D eigenvalue weighted by Gasteiger charge is -2.54. The maximum atomic E-state index is 13.6. The highest BCUT2D eigenvalue weighted by Crippen LogP contribution is 2.29. The third-order valence-corrected chi connectivity index (χ3v) is 7.01.